The molecule has 2 aliphatic heterocycles. The van der Waals surface area contributed by atoms with Crippen LogP contribution in [0.4, 0.5) is 5.69 Å². The van der Waals surface area contributed by atoms with E-state index in [1.165, 1.54) is 11.3 Å². The van der Waals surface area contributed by atoms with Gasteiger partial charge in [0.25, 0.3) is 0 Å². The number of pyridine rings is 1. The Morgan fingerprint density at radius 3 is 2.50 bits per heavy atom. The van der Waals surface area contributed by atoms with Crippen molar-refractivity contribution in [3.63, 3.8) is 0 Å². The van der Waals surface area contributed by atoms with Gasteiger partial charge in [0.05, 0.1) is 0 Å². The van der Waals surface area contributed by atoms with E-state index in [0.717, 1.165) is 38.2 Å². The molecule has 2 atom stereocenters. The highest BCUT2D eigenvalue weighted by atomic mass is 16.2. The lowest BCUT2D eigenvalue weighted by atomic mass is 10.1. The smallest absolute Gasteiger partial charge is 0.224 e. The van der Waals surface area contributed by atoms with Crippen LogP contribution in [0.25, 0.3) is 0 Å². The van der Waals surface area contributed by atoms with Gasteiger partial charge in [0.1, 0.15) is 0 Å². The fraction of sp³-hybridized carbons (Fsp3) is 0.478. The molecule has 1 amide bonds. The zero-order chi connectivity index (χ0) is 19.5. The van der Waals surface area contributed by atoms with Crippen LogP contribution in [0.15, 0.2) is 48.8 Å². The van der Waals surface area contributed by atoms with Gasteiger partial charge in [-0.05, 0) is 49.6 Å². The topological polar surface area (TPSA) is 39.7 Å². The molecule has 2 fully saturated rings. The fourth-order valence-corrected chi connectivity index (χ4v) is 4.73. The Balaban J connectivity index is 1.41. The number of nitrogens with zero attached hydrogens (tertiary/aromatic N) is 4. The maximum absolute atomic E-state index is 12.6. The van der Waals surface area contributed by atoms with Gasteiger partial charge in [0.15, 0.2) is 0 Å². The summed E-state index contributed by atoms with van der Waals surface area (Å²) in [7, 11) is 0. The van der Waals surface area contributed by atoms with E-state index in [1.54, 1.807) is 6.20 Å². The number of likely N-dealkylation sites (tertiary alicyclic amines) is 2. The van der Waals surface area contributed by atoms with Crippen LogP contribution in [-0.2, 0) is 17.9 Å². The van der Waals surface area contributed by atoms with Crippen molar-refractivity contribution >= 4 is 11.6 Å². The number of hydrogen-bond donors (Lipinski definition) is 0. The molecular formula is C23H30N4O. The van der Waals surface area contributed by atoms with Crippen molar-refractivity contribution in [2.45, 2.75) is 51.9 Å². The van der Waals surface area contributed by atoms with Gasteiger partial charge in [-0.2, -0.15) is 0 Å². The maximum Gasteiger partial charge on any atom is 0.224 e. The molecule has 5 heteroatoms. The van der Waals surface area contributed by atoms with E-state index in [4.69, 9.17) is 0 Å². The molecule has 1 aromatic heterocycles. The monoisotopic (exact) mass is 378 g/mol. The van der Waals surface area contributed by atoms with E-state index >= 15 is 0 Å². The molecule has 0 saturated carbocycles. The molecule has 0 spiro atoms. The van der Waals surface area contributed by atoms with Crippen LogP contribution in [0.1, 0.15) is 37.8 Å². The van der Waals surface area contributed by atoms with E-state index < -0.39 is 0 Å². The lowest BCUT2D eigenvalue weighted by Gasteiger charge is -2.26. The Bertz CT molecular complexity index is 788. The third kappa shape index (κ3) is 3.76. The second-order valence-corrected chi connectivity index (χ2v) is 7.82. The maximum atomic E-state index is 12.6. The molecule has 0 N–H and O–H groups in total. The first-order valence-corrected chi connectivity index (χ1v) is 10.5. The summed E-state index contributed by atoms with van der Waals surface area (Å²) in [6.07, 6.45) is 5.35. The summed E-state index contributed by atoms with van der Waals surface area (Å²) in [5.41, 5.74) is 3.73. The third-order valence-electron chi connectivity index (χ3n) is 6.26. The number of benzene rings is 1. The number of anilines is 1. The van der Waals surface area contributed by atoms with Gasteiger partial charge in [-0.25, -0.2) is 0 Å². The molecule has 0 unspecified atom stereocenters. The molecule has 3 heterocycles. The Hall–Kier alpha value is -2.40. The van der Waals surface area contributed by atoms with E-state index in [9.17, 15) is 4.79 Å². The number of carbonyl (C=O) groups is 1. The first-order chi connectivity index (χ1) is 13.7. The van der Waals surface area contributed by atoms with Crippen molar-refractivity contribution in [1.29, 1.82) is 0 Å². The predicted molar refractivity (Wildman–Crippen MR) is 112 cm³/mol. The van der Waals surface area contributed by atoms with Crippen LogP contribution < -0.4 is 4.90 Å². The Labute approximate surface area is 168 Å². The molecule has 1 aromatic carbocycles. The first-order valence-electron chi connectivity index (χ1n) is 10.5. The number of aromatic nitrogens is 1. The van der Waals surface area contributed by atoms with Gasteiger partial charge in [0.2, 0.25) is 5.91 Å². The van der Waals surface area contributed by atoms with Crippen molar-refractivity contribution in [3.8, 4) is 0 Å². The summed E-state index contributed by atoms with van der Waals surface area (Å²) in [6.45, 7) is 9.10. The second-order valence-electron chi connectivity index (χ2n) is 7.82. The summed E-state index contributed by atoms with van der Waals surface area (Å²) in [5.74, 6) is 0.278. The fourth-order valence-electron chi connectivity index (χ4n) is 4.73. The number of rotatable bonds is 7. The van der Waals surface area contributed by atoms with Crippen LogP contribution in [0.3, 0.4) is 0 Å². The van der Waals surface area contributed by atoms with E-state index in [2.05, 4.69) is 63.9 Å². The molecule has 5 nitrogen and oxygen atoms in total. The van der Waals surface area contributed by atoms with Crippen LogP contribution in [-0.4, -0.2) is 52.4 Å². The first kappa shape index (κ1) is 18.9. The van der Waals surface area contributed by atoms with Gasteiger partial charge in [-0.3, -0.25) is 14.7 Å². The molecule has 0 radical (unpaired) electrons. The van der Waals surface area contributed by atoms with E-state index in [0.29, 0.717) is 25.0 Å². The quantitative estimate of drug-likeness (QED) is 0.741. The summed E-state index contributed by atoms with van der Waals surface area (Å²) in [4.78, 5) is 23.8. The van der Waals surface area contributed by atoms with Crippen molar-refractivity contribution < 1.29 is 4.79 Å². The lowest BCUT2D eigenvalue weighted by Crippen LogP contribution is -2.36. The summed E-state index contributed by atoms with van der Waals surface area (Å²) in [6, 6.07) is 13.6. The molecule has 148 valence electrons. The van der Waals surface area contributed by atoms with Gasteiger partial charge < -0.3 is 9.80 Å². The third-order valence-corrected chi connectivity index (χ3v) is 6.26. The van der Waals surface area contributed by atoms with E-state index in [-0.39, 0.29) is 5.91 Å². The summed E-state index contributed by atoms with van der Waals surface area (Å²) < 4.78 is 0. The average molecular weight is 379 g/mol. The number of fused-ring (bicyclic) bond motifs is 1. The zero-order valence-electron chi connectivity index (χ0n) is 16.9. The lowest BCUT2D eigenvalue weighted by molar-refractivity contribution is -0.129. The second kappa shape index (κ2) is 8.31. The molecule has 0 aliphatic carbocycles. The predicted octanol–water partition coefficient (Wildman–Crippen LogP) is 3.30. The van der Waals surface area contributed by atoms with E-state index in [1.807, 2.05) is 12.3 Å². The Morgan fingerprint density at radius 1 is 1.04 bits per heavy atom. The molecule has 28 heavy (non-hydrogen) atoms. The largest absolute Gasteiger partial charge is 0.372 e. The van der Waals surface area contributed by atoms with Gasteiger partial charge >= 0.3 is 0 Å². The average Bonchev–Trinajstić information content (AvgIpc) is 3.25. The minimum absolute atomic E-state index is 0.278. The minimum Gasteiger partial charge on any atom is -0.372 e. The number of amides is 1. The summed E-state index contributed by atoms with van der Waals surface area (Å²) >= 11 is 0. The van der Waals surface area contributed by atoms with Gasteiger partial charge in [0, 0.05) is 69.3 Å². The van der Waals surface area contributed by atoms with Crippen molar-refractivity contribution in [2.24, 2.45) is 0 Å². The highest BCUT2D eigenvalue weighted by Gasteiger charge is 2.46. The van der Waals surface area contributed by atoms with Crippen LogP contribution in [0.2, 0.25) is 0 Å². The molecule has 0 bridgehead atoms. The molecule has 4 rings (SSSR count). The molecule has 2 saturated heterocycles. The van der Waals surface area contributed by atoms with Crippen LogP contribution >= 0.6 is 0 Å². The van der Waals surface area contributed by atoms with Crippen molar-refractivity contribution in [3.05, 3.63) is 59.9 Å². The Kier molecular flexibility index (Phi) is 5.62. The SMILES string of the molecule is CCN(CC)c1ccc(CN2CC[C@H]3[C@@H]2CC(=O)N3Cc2cccnc2)cc1. The standard InChI is InChI=1S/C23H30N4O/c1-3-25(4-2)20-9-7-18(8-10-20)16-26-13-11-21-22(26)14-23(28)27(21)17-19-6-5-12-24-15-19/h5-10,12,15,21-22H,3-4,11,13-14,16-17H2,1-2H3/t21-,22-/m0/s1. The summed E-state index contributed by atoms with van der Waals surface area (Å²) in [5, 5.41) is 0. The highest BCUT2D eigenvalue weighted by molar-refractivity contribution is 5.80. The molecule has 2 aromatic rings. The highest BCUT2D eigenvalue weighted by Crippen LogP contribution is 2.34. The van der Waals surface area contributed by atoms with Crippen molar-refractivity contribution in [2.75, 3.05) is 24.5 Å². The van der Waals surface area contributed by atoms with Gasteiger partial charge in [-0.1, -0.05) is 18.2 Å². The zero-order valence-corrected chi connectivity index (χ0v) is 16.9. The number of carbonyl (C=O) groups excluding carboxylic acids is 1. The normalized spacial score (nSPS) is 21.9. The van der Waals surface area contributed by atoms with Crippen LogP contribution in [0.5, 0.6) is 0 Å². The van der Waals surface area contributed by atoms with Gasteiger partial charge in [-0.15, -0.1) is 0 Å². The Morgan fingerprint density at radius 2 is 1.82 bits per heavy atom. The molecular weight excluding hydrogens is 348 g/mol. The van der Waals surface area contributed by atoms with Crippen molar-refractivity contribution in [1.82, 2.24) is 14.8 Å². The number of hydrogen-bond acceptors (Lipinski definition) is 4. The molecule has 2 aliphatic rings. The minimum atomic E-state index is 0.278. The van der Waals surface area contributed by atoms with Crippen LogP contribution in [0, 0.1) is 0 Å².